The fourth-order valence-corrected chi connectivity index (χ4v) is 1.22. The summed E-state index contributed by atoms with van der Waals surface area (Å²) >= 11 is 5.80. The summed E-state index contributed by atoms with van der Waals surface area (Å²) in [5, 5.41) is 0.116. The molecule has 60 valence electrons. The van der Waals surface area contributed by atoms with E-state index in [-0.39, 0.29) is 11.2 Å². The minimum Gasteiger partial charge on any atom is -0.300 e. The Balaban J connectivity index is 2.50. The zero-order valence-electron chi connectivity index (χ0n) is 6.51. The highest BCUT2D eigenvalue weighted by atomic mass is 35.5. The van der Waals surface area contributed by atoms with Gasteiger partial charge in [0.2, 0.25) is 0 Å². The van der Waals surface area contributed by atoms with Crippen LogP contribution in [-0.4, -0.2) is 11.2 Å². The highest BCUT2D eigenvalue weighted by molar-refractivity contribution is 6.22. The van der Waals surface area contributed by atoms with Crippen LogP contribution in [0.5, 0.6) is 0 Å². The lowest BCUT2D eigenvalue weighted by Crippen LogP contribution is -2.00. The fraction of sp³-hybridized carbons (Fsp3) is 0.444. The van der Waals surface area contributed by atoms with E-state index in [1.165, 1.54) is 0 Å². The number of hydrogen-bond acceptors (Lipinski definition) is 1. The van der Waals surface area contributed by atoms with Crippen LogP contribution in [0.15, 0.2) is 23.8 Å². The van der Waals surface area contributed by atoms with Crippen LogP contribution in [0.25, 0.3) is 0 Å². The van der Waals surface area contributed by atoms with E-state index in [1.54, 1.807) is 6.92 Å². The molecule has 0 heterocycles. The SMILES string of the molecule is CC(=O)CC1=CCC(Cl)C=C1. The van der Waals surface area contributed by atoms with Crippen molar-refractivity contribution in [2.24, 2.45) is 0 Å². The molecule has 0 aromatic carbocycles. The molecular formula is C9H11ClO. The van der Waals surface area contributed by atoms with Crippen molar-refractivity contribution < 1.29 is 4.79 Å². The quantitative estimate of drug-likeness (QED) is 0.582. The van der Waals surface area contributed by atoms with Crippen molar-refractivity contribution >= 4 is 17.4 Å². The van der Waals surface area contributed by atoms with Crippen molar-refractivity contribution in [2.45, 2.75) is 25.1 Å². The van der Waals surface area contributed by atoms with E-state index in [0.29, 0.717) is 6.42 Å². The van der Waals surface area contributed by atoms with Gasteiger partial charge in [-0.2, -0.15) is 0 Å². The van der Waals surface area contributed by atoms with Gasteiger partial charge in [0, 0.05) is 6.42 Å². The van der Waals surface area contributed by atoms with Crippen molar-refractivity contribution in [2.75, 3.05) is 0 Å². The minimum atomic E-state index is 0.116. The molecule has 0 N–H and O–H groups in total. The van der Waals surface area contributed by atoms with Gasteiger partial charge in [-0.05, 0) is 18.9 Å². The molecule has 0 saturated carbocycles. The normalized spacial score (nSPS) is 23.1. The summed E-state index contributed by atoms with van der Waals surface area (Å²) in [5.41, 5.74) is 1.09. The second-order valence-electron chi connectivity index (χ2n) is 2.77. The van der Waals surface area contributed by atoms with Crippen molar-refractivity contribution in [3.63, 3.8) is 0 Å². The molecule has 0 spiro atoms. The van der Waals surface area contributed by atoms with Crippen LogP contribution in [0.4, 0.5) is 0 Å². The van der Waals surface area contributed by atoms with Gasteiger partial charge in [0.15, 0.2) is 0 Å². The maximum absolute atomic E-state index is 10.7. The average Bonchev–Trinajstić information content (AvgIpc) is 1.93. The molecule has 1 aliphatic rings. The first-order chi connectivity index (χ1) is 5.18. The van der Waals surface area contributed by atoms with Crippen LogP contribution in [0, 0.1) is 0 Å². The number of Topliss-reactive ketones (excluding diaryl/α,β-unsaturated/α-hetero) is 1. The Morgan fingerprint density at radius 3 is 3.00 bits per heavy atom. The summed E-state index contributed by atoms with van der Waals surface area (Å²) < 4.78 is 0. The van der Waals surface area contributed by atoms with Crippen LogP contribution >= 0.6 is 11.6 Å². The summed E-state index contributed by atoms with van der Waals surface area (Å²) in [6, 6.07) is 0. The van der Waals surface area contributed by atoms with Crippen molar-refractivity contribution in [3.8, 4) is 0 Å². The maximum atomic E-state index is 10.7. The van der Waals surface area contributed by atoms with Crippen molar-refractivity contribution in [1.29, 1.82) is 0 Å². The third-order valence-corrected chi connectivity index (χ3v) is 1.90. The summed E-state index contributed by atoms with van der Waals surface area (Å²) in [7, 11) is 0. The number of ketones is 1. The number of rotatable bonds is 2. The highest BCUT2D eigenvalue weighted by Gasteiger charge is 2.05. The molecule has 0 radical (unpaired) electrons. The van der Waals surface area contributed by atoms with Gasteiger partial charge in [0.1, 0.15) is 5.78 Å². The van der Waals surface area contributed by atoms with E-state index in [9.17, 15) is 4.79 Å². The molecule has 0 saturated heterocycles. The summed E-state index contributed by atoms with van der Waals surface area (Å²) in [6.45, 7) is 1.60. The molecule has 0 aliphatic heterocycles. The zero-order chi connectivity index (χ0) is 8.27. The topological polar surface area (TPSA) is 17.1 Å². The van der Waals surface area contributed by atoms with E-state index in [1.807, 2.05) is 18.2 Å². The number of alkyl halides is 1. The molecular weight excluding hydrogens is 160 g/mol. The second kappa shape index (κ2) is 3.72. The lowest BCUT2D eigenvalue weighted by molar-refractivity contribution is -0.116. The average molecular weight is 171 g/mol. The smallest absolute Gasteiger partial charge is 0.134 e. The monoisotopic (exact) mass is 170 g/mol. The van der Waals surface area contributed by atoms with Crippen molar-refractivity contribution in [3.05, 3.63) is 23.8 Å². The Morgan fingerprint density at radius 2 is 2.55 bits per heavy atom. The Bertz CT molecular complexity index is 216. The second-order valence-corrected chi connectivity index (χ2v) is 3.33. The Morgan fingerprint density at radius 1 is 1.82 bits per heavy atom. The molecule has 1 rings (SSSR count). The summed E-state index contributed by atoms with van der Waals surface area (Å²) in [6.07, 6.45) is 7.28. The van der Waals surface area contributed by atoms with Gasteiger partial charge in [-0.25, -0.2) is 0 Å². The fourth-order valence-electron chi connectivity index (χ4n) is 1.06. The molecule has 0 amide bonds. The zero-order valence-corrected chi connectivity index (χ0v) is 7.27. The first kappa shape index (κ1) is 8.54. The van der Waals surface area contributed by atoms with Crippen LogP contribution in [0.1, 0.15) is 19.8 Å². The Kier molecular flexibility index (Phi) is 2.89. The van der Waals surface area contributed by atoms with E-state index in [2.05, 4.69) is 0 Å². The van der Waals surface area contributed by atoms with Gasteiger partial charge in [-0.15, -0.1) is 11.6 Å². The number of halogens is 1. The maximum Gasteiger partial charge on any atom is 0.134 e. The highest BCUT2D eigenvalue weighted by Crippen LogP contribution is 2.17. The standard InChI is InChI=1S/C9H11ClO/c1-7(11)6-8-2-4-9(10)5-3-8/h2-4,9H,5-6H2,1H3. The lowest BCUT2D eigenvalue weighted by atomic mass is 10.0. The molecule has 0 fully saturated rings. The van der Waals surface area contributed by atoms with Crippen molar-refractivity contribution in [1.82, 2.24) is 0 Å². The molecule has 1 nitrogen and oxygen atoms in total. The minimum absolute atomic E-state index is 0.116. The van der Waals surface area contributed by atoms with Crippen LogP contribution in [-0.2, 0) is 4.79 Å². The molecule has 1 atom stereocenters. The Labute approximate surface area is 71.7 Å². The van der Waals surface area contributed by atoms with Gasteiger partial charge in [0.25, 0.3) is 0 Å². The molecule has 0 aromatic heterocycles. The molecule has 1 aliphatic carbocycles. The third-order valence-electron chi connectivity index (χ3n) is 1.58. The van der Waals surface area contributed by atoms with E-state index < -0.39 is 0 Å². The van der Waals surface area contributed by atoms with Gasteiger partial charge in [0.05, 0.1) is 5.38 Å². The van der Waals surface area contributed by atoms with Gasteiger partial charge in [-0.3, -0.25) is 4.79 Å². The van der Waals surface area contributed by atoms with Crippen LogP contribution in [0.2, 0.25) is 0 Å². The van der Waals surface area contributed by atoms with Crippen LogP contribution < -0.4 is 0 Å². The molecule has 0 bridgehead atoms. The largest absolute Gasteiger partial charge is 0.300 e. The van der Waals surface area contributed by atoms with Gasteiger partial charge >= 0.3 is 0 Å². The number of allylic oxidation sites excluding steroid dienone is 4. The molecule has 0 aromatic rings. The summed E-state index contributed by atoms with van der Waals surface area (Å²) in [5.74, 6) is 0.203. The van der Waals surface area contributed by atoms with E-state index >= 15 is 0 Å². The number of carbonyl (C=O) groups excluding carboxylic acids is 1. The van der Waals surface area contributed by atoms with Gasteiger partial charge in [-0.1, -0.05) is 18.2 Å². The first-order valence-electron chi connectivity index (χ1n) is 3.69. The van der Waals surface area contributed by atoms with Crippen LogP contribution in [0.3, 0.4) is 0 Å². The van der Waals surface area contributed by atoms with E-state index in [0.717, 1.165) is 12.0 Å². The van der Waals surface area contributed by atoms with E-state index in [4.69, 9.17) is 11.6 Å². The predicted octanol–water partition coefficient (Wildman–Crippen LogP) is 2.46. The summed E-state index contributed by atoms with van der Waals surface area (Å²) in [4.78, 5) is 10.7. The lowest BCUT2D eigenvalue weighted by Gasteiger charge is -2.08. The Hall–Kier alpha value is -0.560. The predicted molar refractivity (Wildman–Crippen MR) is 46.8 cm³/mol. The number of hydrogen-bond donors (Lipinski definition) is 0. The first-order valence-corrected chi connectivity index (χ1v) is 4.13. The van der Waals surface area contributed by atoms with Gasteiger partial charge < -0.3 is 0 Å². The molecule has 11 heavy (non-hydrogen) atoms. The number of carbonyl (C=O) groups is 1. The molecule has 1 unspecified atom stereocenters. The molecule has 2 heteroatoms. The third kappa shape index (κ3) is 2.89.